The monoisotopic (exact) mass is 373 g/mol. The maximum absolute atomic E-state index is 12.4. The van der Waals surface area contributed by atoms with Gasteiger partial charge in [0, 0.05) is 31.1 Å². The molecule has 0 saturated carbocycles. The molecule has 1 heterocycles. The van der Waals surface area contributed by atoms with Gasteiger partial charge in [0.1, 0.15) is 6.73 Å². The Hall–Kier alpha value is -1.11. The molecule has 5 nitrogen and oxygen atoms in total. The lowest BCUT2D eigenvalue weighted by Crippen LogP contribution is -2.27. The average Bonchev–Trinajstić information content (AvgIpc) is 2.60. The number of allylic oxidation sites excluding steroid dienone is 1. The number of hydrogen-bond acceptors (Lipinski definition) is 5. The van der Waals surface area contributed by atoms with Crippen molar-refractivity contribution in [3.05, 3.63) is 45.6 Å². The number of halogens is 2. The number of nitrogens with one attached hydrogen (secondary N) is 1. The van der Waals surface area contributed by atoms with Gasteiger partial charge in [-0.25, -0.2) is 0 Å². The molecule has 1 aromatic rings. The van der Waals surface area contributed by atoms with Crippen molar-refractivity contribution in [3.8, 4) is 0 Å². The van der Waals surface area contributed by atoms with Gasteiger partial charge in [0.2, 0.25) is 0 Å². The second kappa shape index (κ2) is 10.0. The highest BCUT2D eigenvalue weighted by Gasteiger charge is 2.15. The van der Waals surface area contributed by atoms with Crippen LogP contribution in [-0.4, -0.2) is 39.1 Å². The summed E-state index contributed by atoms with van der Waals surface area (Å²) in [4.78, 5) is 12.4. The predicted octanol–water partition coefficient (Wildman–Crippen LogP) is 3.80. The molecular weight excluding hydrogens is 353 g/mol. The Labute approximate surface area is 151 Å². The fourth-order valence-corrected chi connectivity index (χ4v) is 2.52. The summed E-state index contributed by atoms with van der Waals surface area (Å²) in [7, 11) is 1.57. The molecule has 0 aliphatic carbocycles. The molecule has 1 aliphatic rings. The molecule has 0 bridgehead atoms. The van der Waals surface area contributed by atoms with E-state index in [1.165, 1.54) is 6.08 Å². The van der Waals surface area contributed by atoms with Crippen LogP contribution in [0.4, 0.5) is 0 Å². The number of rotatable bonds is 8. The number of ether oxygens (including phenoxy) is 3. The largest absolute Gasteiger partial charge is 0.365 e. The first-order valence-corrected chi connectivity index (χ1v) is 8.51. The van der Waals surface area contributed by atoms with E-state index >= 15 is 0 Å². The number of methoxy groups -OCH3 is 1. The minimum atomic E-state index is -0.230. The van der Waals surface area contributed by atoms with Crippen molar-refractivity contribution in [2.24, 2.45) is 0 Å². The summed E-state index contributed by atoms with van der Waals surface area (Å²) in [5.74, 6) is -0.194. The number of carbonyl (C=O) groups excluding carboxylic acids is 1. The molecule has 0 spiro atoms. The molecular formula is C17H21Cl2NO4. The first-order chi connectivity index (χ1) is 11.6. The van der Waals surface area contributed by atoms with Crippen LogP contribution < -0.4 is 5.32 Å². The van der Waals surface area contributed by atoms with Crippen LogP contribution in [0, 0.1) is 0 Å². The van der Waals surface area contributed by atoms with Crippen LogP contribution in [0.25, 0.3) is 0 Å². The molecule has 132 valence electrons. The van der Waals surface area contributed by atoms with Gasteiger partial charge in [-0.15, -0.1) is 0 Å². The van der Waals surface area contributed by atoms with E-state index in [9.17, 15) is 4.79 Å². The van der Waals surface area contributed by atoms with Crippen molar-refractivity contribution in [3.63, 3.8) is 0 Å². The smallest absolute Gasteiger partial charge is 0.187 e. The van der Waals surface area contributed by atoms with E-state index in [1.54, 1.807) is 25.3 Å². The first-order valence-electron chi connectivity index (χ1n) is 7.76. The summed E-state index contributed by atoms with van der Waals surface area (Å²) in [6.07, 6.45) is 4.24. The van der Waals surface area contributed by atoms with Gasteiger partial charge in [-0.1, -0.05) is 23.2 Å². The lowest BCUT2D eigenvalue weighted by atomic mass is 10.1. The SMILES string of the molecule is COCN/C(=C/C(=O)c1ccc(Cl)c(Cl)c1)CO[C@@H]1CCCCO1. The Balaban J connectivity index is 2.02. The van der Waals surface area contributed by atoms with Crippen molar-refractivity contribution in [2.45, 2.75) is 25.6 Å². The van der Waals surface area contributed by atoms with Gasteiger partial charge in [0.15, 0.2) is 12.1 Å². The molecule has 7 heteroatoms. The van der Waals surface area contributed by atoms with Crippen molar-refractivity contribution in [1.29, 1.82) is 0 Å². The summed E-state index contributed by atoms with van der Waals surface area (Å²) >= 11 is 11.8. The van der Waals surface area contributed by atoms with E-state index in [4.69, 9.17) is 37.4 Å². The number of ketones is 1. The van der Waals surface area contributed by atoms with E-state index < -0.39 is 0 Å². The van der Waals surface area contributed by atoms with Crippen LogP contribution in [0.15, 0.2) is 30.0 Å². The minimum absolute atomic E-state index is 0.194. The maximum Gasteiger partial charge on any atom is 0.187 e. The Morgan fingerprint density at radius 2 is 2.21 bits per heavy atom. The third-order valence-corrected chi connectivity index (χ3v) is 4.25. The zero-order chi connectivity index (χ0) is 17.4. The van der Waals surface area contributed by atoms with E-state index in [2.05, 4.69) is 5.32 Å². The summed E-state index contributed by atoms with van der Waals surface area (Å²) in [6, 6.07) is 4.77. The molecule has 1 aromatic carbocycles. The molecule has 0 unspecified atom stereocenters. The molecule has 24 heavy (non-hydrogen) atoms. The van der Waals surface area contributed by atoms with Gasteiger partial charge >= 0.3 is 0 Å². The van der Waals surface area contributed by atoms with Gasteiger partial charge in [-0.3, -0.25) is 4.79 Å². The van der Waals surface area contributed by atoms with Crippen LogP contribution in [0.5, 0.6) is 0 Å². The second-order valence-corrected chi connectivity index (χ2v) is 6.19. The van der Waals surface area contributed by atoms with E-state index in [-0.39, 0.29) is 25.4 Å². The quantitative estimate of drug-likeness (QED) is 0.426. The molecule has 1 atom stereocenters. The normalized spacial score (nSPS) is 18.5. The van der Waals surface area contributed by atoms with Crippen LogP contribution >= 0.6 is 23.2 Å². The third kappa shape index (κ3) is 6.07. The zero-order valence-electron chi connectivity index (χ0n) is 13.5. The third-order valence-electron chi connectivity index (χ3n) is 3.52. The van der Waals surface area contributed by atoms with Crippen molar-refractivity contribution in [1.82, 2.24) is 5.32 Å². The van der Waals surface area contributed by atoms with Gasteiger partial charge in [0.05, 0.1) is 16.7 Å². The summed E-state index contributed by atoms with van der Waals surface area (Å²) < 4.78 is 16.2. The lowest BCUT2D eigenvalue weighted by molar-refractivity contribution is -0.157. The Morgan fingerprint density at radius 3 is 2.88 bits per heavy atom. The van der Waals surface area contributed by atoms with Crippen molar-refractivity contribution >= 4 is 29.0 Å². The van der Waals surface area contributed by atoms with Gasteiger partial charge in [-0.05, 0) is 37.5 Å². The number of hydrogen-bond donors (Lipinski definition) is 1. The fourth-order valence-electron chi connectivity index (χ4n) is 2.22. The summed E-state index contributed by atoms with van der Waals surface area (Å²) in [5.41, 5.74) is 1.07. The Kier molecular flexibility index (Phi) is 8.02. The molecule has 1 N–H and O–H groups in total. The molecule has 0 radical (unpaired) electrons. The van der Waals surface area contributed by atoms with Gasteiger partial charge in [-0.2, -0.15) is 0 Å². The van der Waals surface area contributed by atoms with E-state index in [0.717, 1.165) is 19.3 Å². The van der Waals surface area contributed by atoms with Crippen molar-refractivity contribution in [2.75, 3.05) is 27.1 Å². The average molecular weight is 374 g/mol. The highest BCUT2D eigenvalue weighted by atomic mass is 35.5. The molecule has 2 rings (SSSR count). The topological polar surface area (TPSA) is 56.8 Å². The van der Waals surface area contributed by atoms with Gasteiger partial charge in [0.25, 0.3) is 0 Å². The summed E-state index contributed by atoms with van der Waals surface area (Å²) in [5, 5.41) is 3.77. The Bertz CT molecular complexity index is 586. The number of benzene rings is 1. The summed E-state index contributed by atoms with van der Waals surface area (Å²) in [6.45, 7) is 1.22. The van der Waals surface area contributed by atoms with E-state index in [1.807, 2.05) is 0 Å². The predicted molar refractivity (Wildman–Crippen MR) is 93.4 cm³/mol. The van der Waals surface area contributed by atoms with Crippen LogP contribution in [0.2, 0.25) is 10.0 Å². The first kappa shape index (κ1) is 19.2. The van der Waals surface area contributed by atoms with E-state index in [0.29, 0.717) is 27.9 Å². The fraction of sp³-hybridized carbons (Fsp3) is 0.471. The van der Waals surface area contributed by atoms with Gasteiger partial charge < -0.3 is 19.5 Å². The lowest BCUT2D eigenvalue weighted by Gasteiger charge is -2.23. The second-order valence-electron chi connectivity index (χ2n) is 5.38. The zero-order valence-corrected chi connectivity index (χ0v) is 15.0. The van der Waals surface area contributed by atoms with Crippen LogP contribution in [-0.2, 0) is 14.2 Å². The standard InChI is InChI=1S/C17H21Cl2NO4/c1-22-11-20-13(10-24-17-4-2-3-7-23-17)9-16(21)12-5-6-14(18)15(19)8-12/h5-6,8-9,17,20H,2-4,7,10-11H2,1H3/b13-9+/t17-/m1/s1. The highest BCUT2D eigenvalue weighted by Crippen LogP contribution is 2.23. The highest BCUT2D eigenvalue weighted by molar-refractivity contribution is 6.42. The van der Waals surface area contributed by atoms with Crippen LogP contribution in [0.3, 0.4) is 0 Å². The Morgan fingerprint density at radius 1 is 1.38 bits per heavy atom. The maximum atomic E-state index is 12.4. The molecule has 1 saturated heterocycles. The van der Waals surface area contributed by atoms with Crippen LogP contribution in [0.1, 0.15) is 29.6 Å². The molecule has 1 aliphatic heterocycles. The molecule has 1 fully saturated rings. The van der Waals surface area contributed by atoms with Crippen molar-refractivity contribution < 1.29 is 19.0 Å². The minimum Gasteiger partial charge on any atom is -0.365 e. The molecule has 0 amide bonds. The number of carbonyl (C=O) groups is 1. The molecule has 0 aromatic heterocycles.